The van der Waals surface area contributed by atoms with E-state index in [9.17, 15) is 0 Å². The van der Waals surface area contributed by atoms with Gasteiger partial charge in [-0.15, -0.1) is 12.3 Å². The lowest BCUT2D eigenvalue weighted by Gasteiger charge is -2.04. The third kappa shape index (κ3) is 7.66. The maximum atomic E-state index is 5.62. The third-order valence-electron chi connectivity index (χ3n) is 2.97. The van der Waals surface area contributed by atoms with Crippen molar-refractivity contribution >= 4 is 0 Å². The quantitative estimate of drug-likeness (QED) is 0.358. The molecule has 0 atom stereocenters. The fourth-order valence-corrected chi connectivity index (χ4v) is 1.79. The van der Waals surface area contributed by atoms with Gasteiger partial charge in [-0.2, -0.15) is 0 Å². The lowest BCUT2D eigenvalue weighted by molar-refractivity contribution is 0.125. The first-order valence-corrected chi connectivity index (χ1v) is 7.16. The molecule has 0 unspecified atom stereocenters. The molecule has 0 saturated heterocycles. The van der Waals surface area contributed by atoms with E-state index >= 15 is 0 Å². The Morgan fingerprint density at radius 2 is 1.85 bits per heavy atom. The van der Waals surface area contributed by atoms with Crippen LogP contribution in [0.25, 0.3) is 0 Å². The minimum absolute atomic E-state index is 0.653. The summed E-state index contributed by atoms with van der Waals surface area (Å²) < 4.78 is 10.7. The fourth-order valence-electron chi connectivity index (χ4n) is 1.79. The van der Waals surface area contributed by atoms with Gasteiger partial charge in [-0.1, -0.05) is 24.3 Å². The number of unbranched alkanes of at least 4 members (excludes halogenated alkanes) is 3. The average molecular weight is 272 g/mol. The molecule has 108 valence electrons. The summed E-state index contributed by atoms with van der Waals surface area (Å²) in [6.45, 7) is 1.41. The number of allylic oxidation sites excluding steroid dienone is 1. The number of methoxy groups -OCH3 is 1. The predicted molar refractivity (Wildman–Crippen MR) is 83.7 cm³/mol. The molecule has 1 rings (SSSR count). The maximum absolute atomic E-state index is 5.62. The van der Waals surface area contributed by atoms with Crippen molar-refractivity contribution < 1.29 is 9.47 Å². The van der Waals surface area contributed by atoms with Crippen LogP contribution in [0.1, 0.15) is 37.7 Å². The SMILES string of the molecule is C#CCCCC/C=C/CCOCc1ccc(OC)cc1. The lowest BCUT2D eigenvalue weighted by Crippen LogP contribution is -1.94. The average Bonchev–Trinajstić information content (AvgIpc) is 2.50. The number of rotatable bonds is 10. The Hall–Kier alpha value is -1.72. The van der Waals surface area contributed by atoms with Crippen LogP contribution in [0.2, 0.25) is 0 Å². The van der Waals surface area contributed by atoms with E-state index in [4.69, 9.17) is 15.9 Å². The molecule has 0 heterocycles. The standard InChI is InChI=1S/C18H24O2/c1-3-4-5-6-7-8-9-10-15-20-16-17-11-13-18(19-2)14-12-17/h1,8-9,11-14H,4-7,10,15-16H2,2H3/b9-8+. The minimum atomic E-state index is 0.653. The molecule has 0 amide bonds. The largest absolute Gasteiger partial charge is 0.497 e. The van der Waals surface area contributed by atoms with Gasteiger partial charge in [0.2, 0.25) is 0 Å². The Morgan fingerprint density at radius 1 is 1.10 bits per heavy atom. The van der Waals surface area contributed by atoms with Gasteiger partial charge in [0.15, 0.2) is 0 Å². The van der Waals surface area contributed by atoms with Crippen molar-refractivity contribution in [1.29, 1.82) is 0 Å². The van der Waals surface area contributed by atoms with Crippen LogP contribution in [0.15, 0.2) is 36.4 Å². The summed E-state index contributed by atoms with van der Waals surface area (Å²) in [4.78, 5) is 0. The van der Waals surface area contributed by atoms with Crippen molar-refractivity contribution in [3.05, 3.63) is 42.0 Å². The van der Waals surface area contributed by atoms with Gasteiger partial charge in [-0.05, 0) is 43.4 Å². The van der Waals surface area contributed by atoms with E-state index in [1.165, 1.54) is 12.0 Å². The Bertz CT molecular complexity index is 412. The second-order valence-corrected chi connectivity index (χ2v) is 4.61. The number of hydrogen-bond acceptors (Lipinski definition) is 2. The Kier molecular flexibility index (Phi) is 9.09. The number of terminal acetylenes is 1. The molecule has 2 nitrogen and oxygen atoms in total. The zero-order valence-corrected chi connectivity index (χ0v) is 12.3. The fraction of sp³-hybridized carbons (Fsp3) is 0.444. The first-order chi connectivity index (χ1) is 9.86. The van der Waals surface area contributed by atoms with Crippen LogP contribution in [0.3, 0.4) is 0 Å². The number of benzene rings is 1. The van der Waals surface area contributed by atoms with Gasteiger partial charge in [0.1, 0.15) is 5.75 Å². The van der Waals surface area contributed by atoms with E-state index < -0.39 is 0 Å². The molecule has 0 radical (unpaired) electrons. The van der Waals surface area contributed by atoms with Crippen molar-refractivity contribution in [2.75, 3.05) is 13.7 Å². The monoisotopic (exact) mass is 272 g/mol. The second-order valence-electron chi connectivity index (χ2n) is 4.61. The molecule has 1 aromatic rings. The highest BCUT2D eigenvalue weighted by atomic mass is 16.5. The van der Waals surface area contributed by atoms with Crippen LogP contribution in [-0.4, -0.2) is 13.7 Å². The summed E-state index contributed by atoms with van der Waals surface area (Å²) in [5, 5.41) is 0. The zero-order chi connectivity index (χ0) is 14.5. The van der Waals surface area contributed by atoms with Crippen molar-refractivity contribution in [1.82, 2.24) is 0 Å². The summed E-state index contributed by atoms with van der Waals surface area (Å²) in [5.41, 5.74) is 1.17. The molecule has 2 heteroatoms. The Balaban J connectivity index is 2.01. The molecule has 0 aliphatic carbocycles. The molecular weight excluding hydrogens is 248 g/mol. The molecule has 0 aliphatic heterocycles. The highest BCUT2D eigenvalue weighted by Gasteiger charge is 1.94. The first kappa shape index (κ1) is 16.3. The molecule has 0 aliphatic rings. The van der Waals surface area contributed by atoms with Crippen molar-refractivity contribution in [3.63, 3.8) is 0 Å². The number of ether oxygens (including phenoxy) is 2. The first-order valence-electron chi connectivity index (χ1n) is 7.16. The van der Waals surface area contributed by atoms with Gasteiger partial charge in [0.25, 0.3) is 0 Å². The summed E-state index contributed by atoms with van der Waals surface area (Å²) in [6.07, 6.45) is 14.9. The molecule has 0 aromatic heterocycles. The van der Waals surface area contributed by atoms with E-state index in [0.29, 0.717) is 6.61 Å². The van der Waals surface area contributed by atoms with E-state index in [0.717, 1.165) is 38.0 Å². The Morgan fingerprint density at radius 3 is 2.55 bits per heavy atom. The Labute approximate surface area is 122 Å². The molecule has 0 bridgehead atoms. The number of hydrogen-bond donors (Lipinski definition) is 0. The summed E-state index contributed by atoms with van der Waals surface area (Å²) in [7, 11) is 1.67. The van der Waals surface area contributed by atoms with Crippen molar-refractivity contribution in [2.24, 2.45) is 0 Å². The molecule has 1 aromatic carbocycles. The van der Waals surface area contributed by atoms with Crippen molar-refractivity contribution in [3.8, 4) is 18.1 Å². The van der Waals surface area contributed by atoms with E-state index in [1.807, 2.05) is 24.3 Å². The van der Waals surface area contributed by atoms with Crippen LogP contribution < -0.4 is 4.74 Å². The molecule has 0 N–H and O–H groups in total. The van der Waals surface area contributed by atoms with Crippen molar-refractivity contribution in [2.45, 2.75) is 38.7 Å². The van der Waals surface area contributed by atoms with E-state index in [1.54, 1.807) is 7.11 Å². The molecule has 0 fully saturated rings. The van der Waals surface area contributed by atoms with Gasteiger partial charge in [0, 0.05) is 6.42 Å². The smallest absolute Gasteiger partial charge is 0.118 e. The zero-order valence-electron chi connectivity index (χ0n) is 12.3. The van der Waals surface area contributed by atoms with Crippen LogP contribution in [0, 0.1) is 12.3 Å². The van der Waals surface area contributed by atoms with Gasteiger partial charge in [-0.3, -0.25) is 0 Å². The minimum Gasteiger partial charge on any atom is -0.497 e. The molecule has 0 saturated carbocycles. The predicted octanol–water partition coefficient (Wildman–Crippen LogP) is 4.35. The molecule has 0 spiro atoms. The van der Waals surface area contributed by atoms with Gasteiger partial charge < -0.3 is 9.47 Å². The highest BCUT2D eigenvalue weighted by molar-refractivity contribution is 5.26. The maximum Gasteiger partial charge on any atom is 0.118 e. The summed E-state index contributed by atoms with van der Waals surface area (Å²) in [6, 6.07) is 7.96. The normalized spacial score (nSPS) is 10.6. The second kappa shape index (κ2) is 11.1. The third-order valence-corrected chi connectivity index (χ3v) is 2.97. The van der Waals surface area contributed by atoms with Crippen LogP contribution >= 0.6 is 0 Å². The lowest BCUT2D eigenvalue weighted by atomic mass is 10.2. The summed E-state index contributed by atoms with van der Waals surface area (Å²) in [5.74, 6) is 3.53. The molecular formula is C18H24O2. The van der Waals surface area contributed by atoms with Gasteiger partial charge >= 0.3 is 0 Å². The molecule has 20 heavy (non-hydrogen) atoms. The topological polar surface area (TPSA) is 18.5 Å². The van der Waals surface area contributed by atoms with Crippen LogP contribution in [0.4, 0.5) is 0 Å². The van der Waals surface area contributed by atoms with Crippen LogP contribution in [-0.2, 0) is 11.3 Å². The summed E-state index contributed by atoms with van der Waals surface area (Å²) >= 11 is 0. The van der Waals surface area contributed by atoms with E-state index in [2.05, 4.69) is 18.1 Å². The van der Waals surface area contributed by atoms with Gasteiger partial charge in [-0.25, -0.2) is 0 Å². The van der Waals surface area contributed by atoms with E-state index in [-0.39, 0.29) is 0 Å². The van der Waals surface area contributed by atoms with Crippen LogP contribution in [0.5, 0.6) is 5.75 Å². The van der Waals surface area contributed by atoms with Gasteiger partial charge in [0.05, 0.1) is 20.3 Å². The highest BCUT2D eigenvalue weighted by Crippen LogP contribution is 2.12.